The number of amides is 1. The Morgan fingerprint density at radius 2 is 1.88 bits per heavy atom. The van der Waals surface area contributed by atoms with Crippen LogP contribution in [0.2, 0.25) is 0 Å². The maximum absolute atomic E-state index is 12.4. The van der Waals surface area contributed by atoms with Crippen molar-refractivity contribution < 1.29 is 4.79 Å². The molecule has 0 aliphatic carbocycles. The Hall–Kier alpha value is -1.35. The summed E-state index contributed by atoms with van der Waals surface area (Å²) >= 11 is 0. The van der Waals surface area contributed by atoms with E-state index < -0.39 is 0 Å². The Labute approximate surface area is 102 Å². The first-order chi connectivity index (χ1) is 8.11. The van der Waals surface area contributed by atoms with Crippen LogP contribution in [-0.2, 0) is 0 Å². The van der Waals surface area contributed by atoms with E-state index in [2.05, 4.69) is 36.8 Å². The molecule has 1 aromatic rings. The molecule has 3 rings (SSSR count). The molecule has 1 aromatic carbocycles. The Morgan fingerprint density at radius 1 is 1.18 bits per heavy atom. The quantitative estimate of drug-likeness (QED) is 0.679. The number of piperazine rings is 1. The fraction of sp³-hybridized carbons (Fsp3) is 0.500. The van der Waals surface area contributed by atoms with Gasteiger partial charge in [-0.15, -0.1) is 0 Å². The molecule has 0 saturated carbocycles. The van der Waals surface area contributed by atoms with Crippen LogP contribution in [0.1, 0.15) is 35.8 Å². The first-order valence-corrected chi connectivity index (χ1v) is 6.23. The van der Waals surface area contributed by atoms with E-state index in [4.69, 9.17) is 0 Å². The van der Waals surface area contributed by atoms with E-state index >= 15 is 0 Å². The first kappa shape index (κ1) is 10.8. The van der Waals surface area contributed by atoms with Gasteiger partial charge in [0.1, 0.15) is 0 Å². The van der Waals surface area contributed by atoms with Gasteiger partial charge in [-0.05, 0) is 32.5 Å². The van der Waals surface area contributed by atoms with Crippen molar-refractivity contribution in [2.45, 2.75) is 32.0 Å². The van der Waals surface area contributed by atoms with Crippen molar-refractivity contribution in [3.8, 4) is 0 Å². The van der Waals surface area contributed by atoms with Gasteiger partial charge >= 0.3 is 0 Å². The summed E-state index contributed by atoms with van der Waals surface area (Å²) in [6.45, 7) is 5.28. The molecule has 17 heavy (non-hydrogen) atoms. The van der Waals surface area contributed by atoms with Crippen molar-refractivity contribution in [3.63, 3.8) is 0 Å². The first-order valence-electron chi connectivity index (χ1n) is 6.23. The second kappa shape index (κ2) is 3.57. The Balaban J connectivity index is 2.07. The Morgan fingerprint density at radius 3 is 2.65 bits per heavy atom. The van der Waals surface area contributed by atoms with Crippen molar-refractivity contribution in [1.82, 2.24) is 9.80 Å². The van der Waals surface area contributed by atoms with Gasteiger partial charge in [-0.25, -0.2) is 0 Å². The molecular weight excluding hydrogens is 212 g/mol. The van der Waals surface area contributed by atoms with Gasteiger partial charge in [0.15, 0.2) is 0 Å². The number of hydrogen-bond donors (Lipinski definition) is 0. The smallest absolute Gasteiger partial charge is 0.255 e. The fourth-order valence-corrected chi connectivity index (χ4v) is 3.11. The molecule has 1 saturated heterocycles. The maximum Gasteiger partial charge on any atom is 0.255 e. The largest absolute Gasteiger partial charge is 0.326 e. The second-order valence-corrected chi connectivity index (χ2v) is 5.24. The van der Waals surface area contributed by atoms with Crippen LogP contribution >= 0.6 is 0 Å². The fourth-order valence-electron chi connectivity index (χ4n) is 3.11. The number of nitrogens with zero attached hydrogens (tertiary/aromatic N) is 2. The van der Waals surface area contributed by atoms with Gasteiger partial charge < -0.3 is 4.90 Å². The number of hydrogen-bond acceptors (Lipinski definition) is 2. The lowest BCUT2D eigenvalue weighted by Crippen LogP contribution is -2.56. The highest BCUT2D eigenvalue weighted by atomic mass is 16.2. The average Bonchev–Trinajstić information content (AvgIpc) is 2.61. The molecule has 0 bridgehead atoms. The summed E-state index contributed by atoms with van der Waals surface area (Å²) in [5.41, 5.74) is 2.09. The summed E-state index contributed by atoms with van der Waals surface area (Å²) < 4.78 is 0. The van der Waals surface area contributed by atoms with Gasteiger partial charge in [0, 0.05) is 24.2 Å². The van der Waals surface area contributed by atoms with Crippen LogP contribution < -0.4 is 0 Å². The summed E-state index contributed by atoms with van der Waals surface area (Å²) in [6.07, 6.45) is 0. The molecule has 0 N–H and O–H groups in total. The molecule has 0 aromatic heterocycles. The molecule has 2 aliphatic rings. The third-order valence-corrected chi connectivity index (χ3v) is 4.41. The van der Waals surface area contributed by atoms with E-state index in [1.54, 1.807) is 0 Å². The van der Waals surface area contributed by atoms with E-state index in [0.29, 0.717) is 6.04 Å². The summed E-state index contributed by atoms with van der Waals surface area (Å²) in [5, 5.41) is 0. The standard InChI is InChI=1S/C14H18N2O/c1-9-10(2)16-13(8-15(9)3)11-6-4-5-7-12(11)14(16)17/h4-7,9-10,13H,8H2,1-3H3. The van der Waals surface area contributed by atoms with E-state index in [-0.39, 0.29) is 18.0 Å². The lowest BCUT2D eigenvalue weighted by atomic mass is 9.98. The van der Waals surface area contributed by atoms with E-state index in [9.17, 15) is 4.79 Å². The van der Waals surface area contributed by atoms with Crippen LogP contribution in [-0.4, -0.2) is 41.4 Å². The summed E-state index contributed by atoms with van der Waals surface area (Å²) in [5.74, 6) is 0.207. The predicted octanol–water partition coefficient (Wildman–Crippen LogP) is 1.91. The number of carbonyl (C=O) groups is 1. The minimum absolute atomic E-state index is 0.207. The molecule has 1 amide bonds. The van der Waals surface area contributed by atoms with Crippen molar-refractivity contribution in [1.29, 1.82) is 0 Å². The van der Waals surface area contributed by atoms with Gasteiger partial charge in [-0.1, -0.05) is 18.2 Å². The molecule has 3 atom stereocenters. The molecule has 3 unspecified atom stereocenters. The predicted molar refractivity (Wildman–Crippen MR) is 66.9 cm³/mol. The second-order valence-electron chi connectivity index (χ2n) is 5.24. The number of likely N-dealkylation sites (N-methyl/N-ethyl adjacent to an activating group) is 1. The number of carbonyl (C=O) groups excluding carboxylic acids is 1. The molecule has 0 spiro atoms. The zero-order valence-electron chi connectivity index (χ0n) is 10.6. The zero-order chi connectivity index (χ0) is 12.2. The topological polar surface area (TPSA) is 23.6 Å². The van der Waals surface area contributed by atoms with Crippen LogP contribution in [0, 0.1) is 0 Å². The molecule has 3 heteroatoms. The normalized spacial score (nSPS) is 32.5. The van der Waals surface area contributed by atoms with Crippen LogP contribution in [0.4, 0.5) is 0 Å². The number of fused-ring (bicyclic) bond motifs is 3. The molecule has 0 radical (unpaired) electrons. The Bertz CT molecular complexity index is 471. The SMILES string of the molecule is CC1C(C)N2C(=O)c3ccccc3C2CN1C. The summed E-state index contributed by atoms with van der Waals surface area (Å²) in [7, 11) is 2.14. The lowest BCUT2D eigenvalue weighted by Gasteiger charge is -2.45. The van der Waals surface area contributed by atoms with Gasteiger partial charge in [0.2, 0.25) is 0 Å². The van der Waals surface area contributed by atoms with Crippen LogP contribution in [0.3, 0.4) is 0 Å². The molecule has 2 heterocycles. The highest BCUT2D eigenvalue weighted by molar-refractivity contribution is 5.99. The van der Waals surface area contributed by atoms with Crippen LogP contribution in [0.15, 0.2) is 24.3 Å². The van der Waals surface area contributed by atoms with Crippen LogP contribution in [0.25, 0.3) is 0 Å². The summed E-state index contributed by atoms with van der Waals surface area (Å²) in [4.78, 5) is 16.8. The van der Waals surface area contributed by atoms with Crippen molar-refractivity contribution in [2.75, 3.05) is 13.6 Å². The van der Waals surface area contributed by atoms with Crippen LogP contribution in [0.5, 0.6) is 0 Å². The Kier molecular flexibility index (Phi) is 2.26. The number of benzene rings is 1. The summed E-state index contributed by atoms with van der Waals surface area (Å²) in [6, 6.07) is 8.96. The lowest BCUT2D eigenvalue weighted by molar-refractivity contribution is 0.0155. The van der Waals surface area contributed by atoms with Gasteiger partial charge in [0.25, 0.3) is 5.91 Å². The van der Waals surface area contributed by atoms with Crippen molar-refractivity contribution >= 4 is 5.91 Å². The number of rotatable bonds is 0. The van der Waals surface area contributed by atoms with E-state index in [0.717, 1.165) is 12.1 Å². The molecule has 90 valence electrons. The maximum atomic E-state index is 12.4. The monoisotopic (exact) mass is 230 g/mol. The molecular formula is C14H18N2O. The zero-order valence-corrected chi connectivity index (χ0v) is 10.6. The van der Waals surface area contributed by atoms with E-state index in [1.807, 2.05) is 18.2 Å². The van der Waals surface area contributed by atoms with Crippen molar-refractivity contribution in [3.05, 3.63) is 35.4 Å². The van der Waals surface area contributed by atoms with Gasteiger partial charge in [-0.2, -0.15) is 0 Å². The molecule has 2 aliphatic heterocycles. The van der Waals surface area contributed by atoms with Gasteiger partial charge in [0.05, 0.1) is 6.04 Å². The third-order valence-electron chi connectivity index (χ3n) is 4.41. The third kappa shape index (κ3) is 1.35. The highest BCUT2D eigenvalue weighted by Crippen LogP contribution is 2.39. The highest BCUT2D eigenvalue weighted by Gasteiger charge is 2.45. The van der Waals surface area contributed by atoms with Gasteiger partial charge in [-0.3, -0.25) is 9.69 Å². The minimum Gasteiger partial charge on any atom is -0.326 e. The average molecular weight is 230 g/mol. The van der Waals surface area contributed by atoms with E-state index in [1.165, 1.54) is 5.56 Å². The molecule has 1 fully saturated rings. The molecule has 3 nitrogen and oxygen atoms in total. The minimum atomic E-state index is 0.207. The van der Waals surface area contributed by atoms with Crippen molar-refractivity contribution in [2.24, 2.45) is 0 Å².